The van der Waals surface area contributed by atoms with Crippen molar-refractivity contribution >= 4 is 0 Å². The Labute approximate surface area is 110 Å². The Bertz CT molecular complexity index is 401. The number of hydrogen-bond acceptors (Lipinski definition) is 2. The Morgan fingerprint density at radius 3 is 2.61 bits per heavy atom. The van der Waals surface area contributed by atoms with Crippen molar-refractivity contribution in [3.63, 3.8) is 0 Å². The van der Waals surface area contributed by atoms with Gasteiger partial charge in [-0.1, -0.05) is 36.4 Å². The van der Waals surface area contributed by atoms with Crippen LogP contribution in [-0.4, -0.2) is 17.8 Å². The summed E-state index contributed by atoms with van der Waals surface area (Å²) in [6, 6.07) is 10.2. The summed E-state index contributed by atoms with van der Waals surface area (Å²) < 4.78 is 11.9. The molecule has 0 amide bonds. The first kappa shape index (κ1) is 13.3. The van der Waals surface area contributed by atoms with Crippen molar-refractivity contribution in [2.45, 2.75) is 44.5 Å². The molecular formula is C16H22O2. The largest absolute Gasteiger partial charge is 0.374 e. The molecule has 1 saturated heterocycles. The fourth-order valence-electron chi connectivity index (χ4n) is 2.38. The summed E-state index contributed by atoms with van der Waals surface area (Å²) in [5.41, 5.74) is 0.827. The van der Waals surface area contributed by atoms with Gasteiger partial charge in [-0.25, -0.2) is 0 Å². The van der Waals surface area contributed by atoms with Crippen molar-refractivity contribution in [3.8, 4) is 0 Å². The van der Waals surface area contributed by atoms with E-state index in [9.17, 15) is 0 Å². The standard InChI is InChI=1S/C16H22O2/c1-4-15(2)10-11-16(3,18-15)13-17-12-14-8-6-5-7-9-14/h4-9H,1,10-13H2,2-3H3. The second kappa shape index (κ2) is 5.25. The first-order chi connectivity index (χ1) is 8.55. The zero-order chi connectivity index (χ0) is 13.1. The molecule has 1 aliphatic rings. The van der Waals surface area contributed by atoms with Crippen LogP contribution in [0.25, 0.3) is 0 Å². The molecule has 2 heteroatoms. The van der Waals surface area contributed by atoms with Crippen LogP contribution in [-0.2, 0) is 16.1 Å². The van der Waals surface area contributed by atoms with Gasteiger partial charge in [0.2, 0.25) is 0 Å². The fourth-order valence-corrected chi connectivity index (χ4v) is 2.38. The molecule has 98 valence electrons. The third-order valence-electron chi connectivity index (χ3n) is 3.58. The second-order valence-electron chi connectivity index (χ2n) is 5.55. The van der Waals surface area contributed by atoms with Crippen LogP contribution in [0.5, 0.6) is 0 Å². The highest BCUT2D eigenvalue weighted by atomic mass is 16.6. The van der Waals surface area contributed by atoms with Crippen LogP contribution >= 0.6 is 0 Å². The molecule has 0 spiro atoms. The van der Waals surface area contributed by atoms with Crippen LogP contribution in [0.2, 0.25) is 0 Å². The topological polar surface area (TPSA) is 18.5 Å². The lowest BCUT2D eigenvalue weighted by Gasteiger charge is -2.28. The van der Waals surface area contributed by atoms with E-state index in [0.29, 0.717) is 13.2 Å². The van der Waals surface area contributed by atoms with E-state index in [2.05, 4.69) is 32.6 Å². The molecule has 2 rings (SSSR count). The molecule has 0 N–H and O–H groups in total. The highest BCUT2D eigenvalue weighted by Crippen LogP contribution is 2.38. The minimum Gasteiger partial charge on any atom is -0.374 e. The Kier molecular flexibility index (Phi) is 3.88. The van der Waals surface area contributed by atoms with Crippen LogP contribution in [0.3, 0.4) is 0 Å². The van der Waals surface area contributed by atoms with Gasteiger partial charge in [0.25, 0.3) is 0 Å². The molecule has 1 aromatic carbocycles. The number of rotatable bonds is 5. The SMILES string of the molecule is C=CC1(C)CCC(C)(COCc2ccccc2)O1. The van der Waals surface area contributed by atoms with E-state index in [1.165, 1.54) is 5.56 Å². The van der Waals surface area contributed by atoms with Gasteiger partial charge in [0.1, 0.15) is 0 Å². The van der Waals surface area contributed by atoms with Gasteiger partial charge < -0.3 is 9.47 Å². The van der Waals surface area contributed by atoms with Gasteiger partial charge in [-0.05, 0) is 32.3 Å². The third-order valence-corrected chi connectivity index (χ3v) is 3.58. The average molecular weight is 246 g/mol. The summed E-state index contributed by atoms with van der Waals surface area (Å²) in [5.74, 6) is 0. The Morgan fingerprint density at radius 1 is 1.28 bits per heavy atom. The van der Waals surface area contributed by atoms with Crippen molar-refractivity contribution < 1.29 is 9.47 Å². The van der Waals surface area contributed by atoms with E-state index in [1.807, 2.05) is 24.3 Å². The van der Waals surface area contributed by atoms with Crippen molar-refractivity contribution in [2.75, 3.05) is 6.61 Å². The Morgan fingerprint density at radius 2 is 2.00 bits per heavy atom. The molecule has 1 aromatic rings. The lowest BCUT2D eigenvalue weighted by Crippen LogP contribution is -2.34. The number of ether oxygens (including phenoxy) is 2. The van der Waals surface area contributed by atoms with E-state index < -0.39 is 0 Å². The van der Waals surface area contributed by atoms with Crippen LogP contribution in [0.4, 0.5) is 0 Å². The molecular weight excluding hydrogens is 224 g/mol. The van der Waals surface area contributed by atoms with Gasteiger partial charge in [-0.15, -0.1) is 6.58 Å². The number of hydrogen-bond donors (Lipinski definition) is 0. The average Bonchev–Trinajstić information content (AvgIpc) is 2.68. The summed E-state index contributed by atoms with van der Waals surface area (Å²) in [5, 5.41) is 0. The predicted molar refractivity (Wildman–Crippen MR) is 73.4 cm³/mol. The fraction of sp³-hybridized carbons (Fsp3) is 0.500. The van der Waals surface area contributed by atoms with Crippen LogP contribution in [0, 0.1) is 0 Å². The van der Waals surface area contributed by atoms with Gasteiger partial charge in [0, 0.05) is 0 Å². The normalized spacial score (nSPS) is 31.4. The molecule has 1 aliphatic heterocycles. The van der Waals surface area contributed by atoms with Crippen LogP contribution < -0.4 is 0 Å². The smallest absolute Gasteiger partial charge is 0.0899 e. The highest BCUT2D eigenvalue weighted by Gasteiger charge is 2.41. The second-order valence-corrected chi connectivity index (χ2v) is 5.55. The molecule has 2 atom stereocenters. The molecule has 0 radical (unpaired) electrons. The summed E-state index contributed by atoms with van der Waals surface area (Å²) in [6.07, 6.45) is 3.93. The molecule has 0 aromatic heterocycles. The molecule has 0 saturated carbocycles. The van der Waals surface area contributed by atoms with Gasteiger partial charge in [-0.2, -0.15) is 0 Å². The van der Waals surface area contributed by atoms with E-state index in [0.717, 1.165) is 12.8 Å². The van der Waals surface area contributed by atoms with Crippen LogP contribution in [0.15, 0.2) is 43.0 Å². The Hall–Kier alpha value is -1.12. The molecule has 0 bridgehead atoms. The maximum atomic E-state index is 6.08. The number of benzene rings is 1. The minimum atomic E-state index is -0.190. The van der Waals surface area contributed by atoms with Gasteiger partial charge in [0.15, 0.2) is 0 Å². The van der Waals surface area contributed by atoms with Gasteiger partial charge >= 0.3 is 0 Å². The van der Waals surface area contributed by atoms with E-state index in [-0.39, 0.29) is 11.2 Å². The molecule has 2 nitrogen and oxygen atoms in total. The first-order valence-corrected chi connectivity index (χ1v) is 6.51. The summed E-state index contributed by atoms with van der Waals surface area (Å²) in [7, 11) is 0. The molecule has 1 fully saturated rings. The molecule has 18 heavy (non-hydrogen) atoms. The quantitative estimate of drug-likeness (QED) is 0.737. The lowest BCUT2D eigenvalue weighted by molar-refractivity contribution is -0.104. The van der Waals surface area contributed by atoms with Crippen molar-refractivity contribution in [1.82, 2.24) is 0 Å². The molecule has 0 aliphatic carbocycles. The first-order valence-electron chi connectivity index (χ1n) is 6.51. The van der Waals surface area contributed by atoms with E-state index >= 15 is 0 Å². The minimum absolute atomic E-state index is 0.183. The Balaban J connectivity index is 1.82. The maximum Gasteiger partial charge on any atom is 0.0899 e. The van der Waals surface area contributed by atoms with Crippen LogP contribution in [0.1, 0.15) is 32.3 Å². The van der Waals surface area contributed by atoms with Gasteiger partial charge in [-0.3, -0.25) is 0 Å². The summed E-state index contributed by atoms with van der Waals surface area (Å²) >= 11 is 0. The van der Waals surface area contributed by atoms with E-state index in [1.54, 1.807) is 0 Å². The van der Waals surface area contributed by atoms with Crippen molar-refractivity contribution in [1.29, 1.82) is 0 Å². The van der Waals surface area contributed by atoms with Crippen molar-refractivity contribution in [2.24, 2.45) is 0 Å². The van der Waals surface area contributed by atoms with Crippen molar-refractivity contribution in [3.05, 3.63) is 48.6 Å². The highest BCUT2D eigenvalue weighted by molar-refractivity contribution is 5.13. The zero-order valence-corrected chi connectivity index (χ0v) is 11.3. The van der Waals surface area contributed by atoms with Gasteiger partial charge in [0.05, 0.1) is 24.4 Å². The third kappa shape index (κ3) is 3.21. The molecule has 2 unspecified atom stereocenters. The summed E-state index contributed by atoms with van der Waals surface area (Å²) in [4.78, 5) is 0. The zero-order valence-electron chi connectivity index (χ0n) is 11.3. The molecule has 1 heterocycles. The monoisotopic (exact) mass is 246 g/mol. The lowest BCUT2D eigenvalue weighted by atomic mass is 9.99. The predicted octanol–water partition coefficient (Wildman–Crippen LogP) is 3.72. The van der Waals surface area contributed by atoms with E-state index in [4.69, 9.17) is 9.47 Å². The maximum absolute atomic E-state index is 6.08. The summed E-state index contributed by atoms with van der Waals surface area (Å²) in [6.45, 7) is 9.32.